The molecule has 1 amide bonds. The lowest BCUT2D eigenvalue weighted by atomic mass is 9.77. The summed E-state index contributed by atoms with van der Waals surface area (Å²) in [6.07, 6.45) is 2.43. The molecule has 7 heteroatoms. The van der Waals surface area contributed by atoms with E-state index in [1.807, 2.05) is 35.2 Å². The first-order chi connectivity index (χ1) is 13.1. The van der Waals surface area contributed by atoms with Gasteiger partial charge in [-0.15, -0.1) is 0 Å². The van der Waals surface area contributed by atoms with E-state index in [-0.39, 0.29) is 17.4 Å². The van der Waals surface area contributed by atoms with Crippen molar-refractivity contribution in [3.8, 4) is 11.4 Å². The maximum Gasteiger partial charge on any atom is 0.289 e. The van der Waals surface area contributed by atoms with Gasteiger partial charge in [0, 0.05) is 30.6 Å². The number of carbonyl (C=O) groups excluding carboxylic acids is 1. The van der Waals surface area contributed by atoms with Crippen LogP contribution in [0.3, 0.4) is 0 Å². The standard InChI is InChI=1S/C20H20N4O3/c1-23-11-20(12-24(13-20)19(25)16-8-5-9-26-16)10-15(23)18-21-17(22-27-18)14-6-3-2-4-7-14/h2-9,15H,10-13H2,1H3. The van der Waals surface area contributed by atoms with Crippen LogP contribution in [-0.2, 0) is 0 Å². The van der Waals surface area contributed by atoms with Crippen molar-refractivity contribution in [3.63, 3.8) is 0 Å². The van der Waals surface area contributed by atoms with Crippen molar-refractivity contribution in [1.29, 1.82) is 0 Å². The average Bonchev–Trinajstić information content (AvgIpc) is 3.40. The third-order valence-electron chi connectivity index (χ3n) is 5.57. The number of hydrogen-bond donors (Lipinski definition) is 0. The van der Waals surface area contributed by atoms with E-state index >= 15 is 0 Å². The lowest BCUT2D eigenvalue weighted by Gasteiger charge is -2.47. The first-order valence-electron chi connectivity index (χ1n) is 9.06. The van der Waals surface area contributed by atoms with E-state index in [4.69, 9.17) is 8.94 Å². The first kappa shape index (κ1) is 16.3. The molecule has 2 aliphatic heterocycles. The highest BCUT2D eigenvalue weighted by molar-refractivity contribution is 5.92. The number of aromatic nitrogens is 2. The molecule has 2 aliphatic rings. The summed E-state index contributed by atoms with van der Waals surface area (Å²) in [5.41, 5.74) is 1.03. The third-order valence-corrected chi connectivity index (χ3v) is 5.57. The van der Waals surface area contributed by atoms with Crippen molar-refractivity contribution in [1.82, 2.24) is 19.9 Å². The highest BCUT2D eigenvalue weighted by atomic mass is 16.5. The lowest BCUT2D eigenvalue weighted by molar-refractivity contribution is 0.00904. The number of rotatable bonds is 3. The van der Waals surface area contributed by atoms with Crippen molar-refractivity contribution < 1.29 is 13.7 Å². The Balaban J connectivity index is 1.29. The number of hydrogen-bond acceptors (Lipinski definition) is 6. The molecule has 5 rings (SSSR count). The topological polar surface area (TPSA) is 75.6 Å². The smallest absolute Gasteiger partial charge is 0.289 e. The van der Waals surface area contributed by atoms with Crippen LogP contribution in [-0.4, -0.2) is 52.5 Å². The van der Waals surface area contributed by atoms with Crippen LogP contribution in [0.1, 0.15) is 28.9 Å². The highest BCUT2D eigenvalue weighted by Crippen LogP contribution is 2.47. The summed E-state index contributed by atoms with van der Waals surface area (Å²) in [5, 5.41) is 4.14. The van der Waals surface area contributed by atoms with E-state index < -0.39 is 0 Å². The maximum absolute atomic E-state index is 12.4. The second-order valence-corrected chi connectivity index (χ2v) is 7.60. The van der Waals surface area contributed by atoms with Crippen molar-refractivity contribution in [2.24, 2.45) is 5.41 Å². The zero-order valence-corrected chi connectivity index (χ0v) is 15.0. The Kier molecular flexibility index (Phi) is 3.65. The molecule has 27 heavy (non-hydrogen) atoms. The highest BCUT2D eigenvalue weighted by Gasteiger charge is 2.53. The van der Waals surface area contributed by atoms with Gasteiger partial charge in [-0.05, 0) is 25.6 Å². The van der Waals surface area contributed by atoms with Gasteiger partial charge in [-0.2, -0.15) is 4.98 Å². The van der Waals surface area contributed by atoms with Gasteiger partial charge in [0.15, 0.2) is 5.76 Å². The second kappa shape index (κ2) is 6.06. The zero-order valence-electron chi connectivity index (χ0n) is 15.0. The van der Waals surface area contributed by atoms with Gasteiger partial charge in [0.2, 0.25) is 11.7 Å². The van der Waals surface area contributed by atoms with Gasteiger partial charge < -0.3 is 13.8 Å². The normalized spacial score (nSPS) is 21.5. The van der Waals surface area contributed by atoms with Crippen LogP contribution in [0.25, 0.3) is 11.4 Å². The van der Waals surface area contributed by atoms with Crippen LogP contribution in [0, 0.1) is 5.41 Å². The summed E-state index contributed by atoms with van der Waals surface area (Å²) in [5.74, 6) is 1.62. The van der Waals surface area contributed by atoms with Crippen molar-refractivity contribution in [3.05, 3.63) is 60.4 Å². The van der Waals surface area contributed by atoms with Crippen LogP contribution in [0.2, 0.25) is 0 Å². The summed E-state index contributed by atoms with van der Waals surface area (Å²) in [6, 6.07) is 13.4. The first-order valence-corrected chi connectivity index (χ1v) is 9.06. The Morgan fingerprint density at radius 2 is 1.96 bits per heavy atom. The summed E-state index contributed by atoms with van der Waals surface area (Å²) >= 11 is 0. The predicted octanol–water partition coefficient (Wildman–Crippen LogP) is 2.85. The SMILES string of the molecule is CN1CC2(CC1c1nc(-c3ccccc3)no1)CN(C(=O)c1ccco1)C2. The molecule has 1 atom stereocenters. The summed E-state index contributed by atoms with van der Waals surface area (Å²) in [4.78, 5) is 21.1. The van der Waals surface area contributed by atoms with Gasteiger partial charge in [-0.1, -0.05) is 35.5 Å². The zero-order chi connectivity index (χ0) is 18.4. The fourth-order valence-electron chi connectivity index (χ4n) is 4.31. The number of likely N-dealkylation sites (tertiary alicyclic amines) is 2. The molecule has 3 aromatic rings. The average molecular weight is 364 g/mol. The molecule has 0 N–H and O–H groups in total. The molecule has 4 heterocycles. The molecule has 0 bridgehead atoms. The van der Waals surface area contributed by atoms with Crippen molar-refractivity contribution >= 4 is 5.91 Å². The van der Waals surface area contributed by atoms with Crippen molar-refractivity contribution in [2.75, 3.05) is 26.7 Å². The predicted molar refractivity (Wildman–Crippen MR) is 96.8 cm³/mol. The fourth-order valence-corrected chi connectivity index (χ4v) is 4.31. The quantitative estimate of drug-likeness (QED) is 0.711. The minimum atomic E-state index is -0.0408. The molecule has 0 aliphatic carbocycles. The number of benzene rings is 1. The molecule has 138 valence electrons. The lowest BCUT2D eigenvalue weighted by Crippen LogP contribution is -2.59. The number of nitrogens with zero attached hydrogens (tertiary/aromatic N) is 4. The van der Waals surface area contributed by atoms with Gasteiger partial charge >= 0.3 is 0 Å². The molecule has 1 unspecified atom stereocenters. The van der Waals surface area contributed by atoms with E-state index in [1.54, 1.807) is 12.1 Å². The number of furan rings is 1. The van der Waals surface area contributed by atoms with Gasteiger partial charge in [-0.25, -0.2) is 0 Å². The molecule has 2 saturated heterocycles. The molecule has 2 fully saturated rings. The monoisotopic (exact) mass is 364 g/mol. The number of carbonyl (C=O) groups is 1. The van der Waals surface area contributed by atoms with Crippen LogP contribution < -0.4 is 0 Å². The van der Waals surface area contributed by atoms with Crippen LogP contribution in [0.15, 0.2) is 57.7 Å². The Labute approximate surface area is 156 Å². The Morgan fingerprint density at radius 1 is 1.15 bits per heavy atom. The van der Waals surface area contributed by atoms with Gasteiger partial charge in [-0.3, -0.25) is 9.69 Å². The fraction of sp³-hybridized carbons (Fsp3) is 0.350. The minimum Gasteiger partial charge on any atom is -0.459 e. The largest absolute Gasteiger partial charge is 0.459 e. The van der Waals surface area contributed by atoms with Crippen LogP contribution in [0.5, 0.6) is 0 Å². The van der Waals surface area contributed by atoms with E-state index in [0.29, 0.717) is 17.5 Å². The van der Waals surface area contributed by atoms with Crippen molar-refractivity contribution in [2.45, 2.75) is 12.5 Å². The van der Waals surface area contributed by atoms with Gasteiger partial charge in [0.1, 0.15) is 0 Å². The molecule has 2 aromatic heterocycles. The molecule has 7 nitrogen and oxygen atoms in total. The summed E-state index contributed by atoms with van der Waals surface area (Å²) in [7, 11) is 2.07. The van der Waals surface area contributed by atoms with Gasteiger partial charge in [0.05, 0.1) is 12.3 Å². The Morgan fingerprint density at radius 3 is 2.70 bits per heavy atom. The third kappa shape index (κ3) is 2.75. The Bertz CT molecular complexity index is 945. The molecular weight excluding hydrogens is 344 g/mol. The number of amides is 1. The summed E-state index contributed by atoms with van der Waals surface area (Å²) in [6.45, 7) is 2.36. The van der Waals surface area contributed by atoms with E-state index in [1.165, 1.54) is 6.26 Å². The summed E-state index contributed by atoms with van der Waals surface area (Å²) < 4.78 is 10.8. The molecular formula is C20H20N4O3. The molecule has 1 aromatic carbocycles. The maximum atomic E-state index is 12.4. The molecule has 0 radical (unpaired) electrons. The Hall–Kier alpha value is -2.93. The van der Waals surface area contributed by atoms with Crippen LogP contribution >= 0.6 is 0 Å². The minimum absolute atomic E-state index is 0.0408. The van der Waals surface area contributed by atoms with Gasteiger partial charge in [0.25, 0.3) is 5.91 Å². The van der Waals surface area contributed by atoms with E-state index in [2.05, 4.69) is 22.1 Å². The van der Waals surface area contributed by atoms with E-state index in [0.717, 1.165) is 31.6 Å². The van der Waals surface area contributed by atoms with E-state index in [9.17, 15) is 4.79 Å². The molecule has 1 spiro atoms. The van der Waals surface area contributed by atoms with Crippen LogP contribution in [0.4, 0.5) is 0 Å². The molecule has 0 saturated carbocycles. The second-order valence-electron chi connectivity index (χ2n) is 7.60.